The molecule has 134 valence electrons. The normalized spacial score (nSPS) is 11.8. The van der Waals surface area contributed by atoms with Crippen LogP contribution in [0.4, 0.5) is 0 Å². The van der Waals surface area contributed by atoms with Crippen molar-refractivity contribution >= 4 is 5.91 Å². The summed E-state index contributed by atoms with van der Waals surface area (Å²) in [5.41, 5.74) is 4.95. The van der Waals surface area contributed by atoms with E-state index < -0.39 is 6.10 Å². The highest BCUT2D eigenvalue weighted by Crippen LogP contribution is 2.16. The van der Waals surface area contributed by atoms with Gasteiger partial charge in [0.2, 0.25) is 0 Å². The fraction of sp³-hybridized carbons (Fsp3) is 0.409. The molecule has 0 spiro atoms. The minimum atomic E-state index is -0.470. The number of carbonyl (C=O) groups is 1. The second-order valence-electron chi connectivity index (χ2n) is 6.36. The van der Waals surface area contributed by atoms with Crippen LogP contribution >= 0.6 is 0 Å². The zero-order valence-electron chi connectivity index (χ0n) is 15.8. The maximum absolute atomic E-state index is 12.5. The summed E-state index contributed by atoms with van der Waals surface area (Å²) in [5.74, 6) is 0.668. The lowest BCUT2D eigenvalue weighted by atomic mass is 10.0. The zero-order valence-corrected chi connectivity index (χ0v) is 15.8. The molecule has 0 unspecified atom stereocenters. The van der Waals surface area contributed by atoms with E-state index in [-0.39, 0.29) is 5.91 Å². The Labute approximate surface area is 151 Å². The van der Waals surface area contributed by atoms with Crippen molar-refractivity contribution in [1.29, 1.82) is 0 Å². The van der Waals surface area contributed by atoms with Gasteiger partial charge in [0.25, 0.3) is 5.91 Å². The summed E-state index contributed by atoms with van der Waals surface area (Å²) in [7, 11) is 0. The molecule has 0 heterocycles. The van der Waals surface area contributed by atoms with Crippen molar-refractivity contribution < 1.29 is 9.53 Å². The maximum Gasteiger partial charge on any atom is 0.261 e. The Morgan fingerprint density at radius 1 is 1.00 bits per heavy atom. The smallest absolute Gasteiger partial charge is 0.261 e. The number of nitrogens with one attached hydrogen (secondary N) is 1. The molecule has 0 aliphatic carbocycles. The molecular formula is C22H29NO2. The van der Waals surface area contributed by atoms with Crippen molar-refractivity contribution in [2.75, 3.05) is 0 Å². The second kappa shape index (κ2) is 9.26. The van der Waals surface area contributed by atoms with Crippen LogP contribution in [0, 0.1) is 6.92 Å². The number of aryl methyl sites for hydroxylation is 3. The number of hydrogen-bond acceptors (Lipinski definition) is 2. The maximum atomic E-state index is 12.5. The summed E-state index contributed by atoms with van der Waals surface area (Å²) in [6.45, 7) is 8.83. The topological polar surface area (TPSA) is 38.3 Å². The van der Waals surface area contributed by atoms with Gasteiger partial charge in [0, 0.05) is 6.54 Å². The van der Waals surface area contributed by atoms with Gasteiger partial charge in [0.15, 0.2) is 6.10 Å². The van der Waals surface area contributed by atoms with E-state index >= 15 is 0 Å². The summed E-state index contributed by atoms with van der Waals surface area (Å²) < 4.78 is 5.86. The van der Waals surface area contributed by atoms with Crippen molar-refractivity contribution in [3.63, 3.8) is 0 Å². The highest BCUT2D eigenvalue weighted by atomic mass is 16.5. The highest BCUT2D eigenvalue weighted by Gasteiger charge is 2.18. The zero-order chi connectivity index (χ0) is 18.2. The van der Waals surface area contributed by atoms with Gasteiger partial charge in [-0.15, -0.1) is 0 Å². The average Bonchev–Trinajstić information content (AvgIpc) is 2.65. The Morgan fingerprint density at radius 3 is 2.32 bits per heavy atom. The van der Waals surface area contributed by atoms with Gasteiger partial charge in [0.05, 0.1) is 0 Å². The lowest BCUT2D eigenvalue weighted by Crippen LogP contribution is -2.37. The molecule has 0 fully saturated rings. The van der Waals surface area contributed by atoms with Gasteiger partial charge in [-0.05, 0) is 55.0 Å². The molecule has 0 radical (unpaired) electrons. The third kappa shape index (κ3) is 5.35. The standard InChI is InChI=1S/C22H29NO2/c1-5-17-10-11-18(6-2)19(14-17)15-23-22(24)21(7-3)25-20-12-8-16(4)9-13-20/h8-14,21H,5-7,15H2,1-4H3,(H,23,24)/t21-/m1/s1. The minimum absolute atomic E-state index is 0.0629. The predicted octanol–water partition coefficient (Wildman–Crippen LogP) is 4.59. The van der Waals surface area contributed by atoms with Crippen LogP contribution in [0.15, 0.2) is 42.5 Å². The molecule has 0 aliphatic rings. The number of carbonyl (C=O) groups excluding carboxylic acids is 1. The fourth-order valence-electron chi connectivity index (χ4n) is 2.81. The molecule has 0 saturated carbocycles. The summed E-state index contributed by atoms with van der Waals surface area (Å²) in [6.07, 6.45) is 2.13. The van der Waals surface area contributed by atoms with Crippen LogP contribution in [0.3, 0.4) is 0 Å². The molecule has 0 bridgehead atoms. The molecule has 1 N–H and O–H groups in total. The average molecular weight is 339 g/mol. The van der Waals surface area contributed by atoms with E-state index in [9.17, 15) is 4.79 Å². The van der Waals surface area contributed by atoms with Crippen molar-refractivity contribution in [2.24, 2.45) is 0 Å². The predicted molar refractivity (Wildman–Crippen MR) is 103 cm³/mol. The number of hydrogen-bond donors (Lipinski definition) is 1. The van der Waals surface area contributed by atoms with E-state index in [0.717, 1.165) is 18.6 Å². The quantitative estimate of drug-likeness (QED) is 0.763. The molecule has 0 saturated heterocycles. The number of rotatable bonds is 8. The first-order valence-electron chi connectivity index (χ1n) is 9.19. The molecule has 1 amide bonds. The van der Waals surface area contributed by atoms with Gasteiger partial charge in [-0.1, -0.05) is 56.7 Å². The van der Waals surface area contributed by atoms with Crippen molar-refractivity contribution in [2.45, 2.75) is 59.6 Å². The van der Waals surface area contributed by atoms with E-state index in [1.807, 2.05) is 38.1 Å². The Morgan fingerprint density at radius 2 is 1.72 bits per heavy atom. The molecule has 0 aromatic heterocycles. The van der Waals surface area contributed by atoms with Gasteiger partial charge < -0.3 is 10.1 Å². The molecule has 3 heteroatoms. The molecule has 2 rings (SSSR count). The third-order valence-electron chi connectivity index (χ3n) is 4.48. The number of benzene rings is 2. The highest BCUT2D eigenvalue weighted by molar-refractivity contribution is 5.81. The van der Waals surface area contributed by atoms with Gasteiger partial charge in [0.1, 0.15) is 5.75 Å². The lowest BCUT2D eigenvalue weighted by molar-refractivity contribution is -0.128. The van der Waals surface area contributed by atoms with Crippen molar-refractivity contribution in [3.8, 4) is 5.75 Å². The molecule has 3 nitrogen and oxygen atoms in total. The number of ether oxygens (including phenoxy) is 1. The summed E-state index contributed by atoms with van der Waals surface area (Å²) in [5, 5.41) is 3.04. The van der Waals surface area contributed by atoms with E-state index in [4.69, 9.17) is 4.74 Å². The van der Waals surface area contributed by atoms with E-state index in [0.29, 0.717) is 13.0 Å². The molecule has 1 atom stereocenters. The van der Waals surface area contributed by atoms with Crippen LogP contribution in [0.2, 0.25) is 0 Å². The third-order valence-corrected chi connectivity index (χ3v) is 4.48. The van der Waals surface area contributed by atoms with Crippen LogP contribution in [0.1, 0.15) is 49.4 Å². The fourth-order valence-corrected chi connectivity index (χ4v) is 2.81. The van der Waals surface area contributed by atoms with E-state index in [1.54, 1.807) is 0 Å². The first-order valence-corrected chi connectivity index (χ1v) is 9.19. The Bertz CT molecular complexity index is 692. The van der Waals surface area contributed by atoms with Gasteiger partial charge >= 0.3 is 0 Å². The lowest BCUT2D eigenvalue weighted by Gasteiger charge is -2.18. The van der Waals surface area contributed by atoms with Crippen LogP contribution in [0.25, 0.3) is 0 Å². The Kier molecular flexibility index (Phi) is 7.05. The summed E-state index contributed by atoms with van der Waals surface area (Å²) in [6, 6.07) is 14.3. The number of amides is 1. The van der Waals surface area contributed by atoms with E-state index in [1.165, 1.54) is 22.3 Å². The monoisotopic (exact) mass is 339 g/mol. The van der Waals surface area contributed by atoms with Gasteiger partial charge in [-0.25, -0.2) is 0 Å². The molecule has 2 aromatic carbocycles. The SMILES string of the molecule is CCc1ccc(CC)c(CNC(=O)[C@@H](CC)Oc2ccc(C)cc2)c1. The van der Waals surface area contributed by atoms with Gasteiger partial charge in [-0.2, -0.15) is 0 Å². The Hall–Kier alpha value is -2.29. The summed E-state index contributed by atoms with van der Waals surface area (Å²) in [4.78, 5) is 12.5. The Balaban J connectivity index is 2.01. The molecular weight excluding hydrogens is 310 g/mol. The van der Waals surface area contributed by atoms with Crippen molar-refractivity contribution in [1.82, 2.24) is 5.32 Å². The first-order chi connectivity index (χ1) is 12.1. The minimum Gasteiger partial charge on any atom is -0.481 e. The second-order valence-corrected chi connectivity index (χ2v) is 6.36. The van der Waals surface area contributed by atoms with Crippen LogP contribution in [0.5, 0.6) is 5.75 Å². The first kappa shape index (κ1) is 19.0. The molecule has 25 heavy (non-hydrogen) atoms. The molecule has 0 aliphatic heterocycles. The molecule has 2 aromatic rings. The largest absolute Gasteiger partial charge is 0.481 e. The van der Waals surface area contributed by atoms with Crippen LogP contribution < -0.4 is 10.1 Å². The van der Waals surface area contributed by atoms with Crippen LogP contribution in [-0.2, 0) is 24.2 Å². The van der Waals surface area contributed by atoms with Gasteiger partial charge in [-0.3, -0.25) is 4.79 Å². The summed E-state index contributed by atoms with van der Waals surface area (Å²) >= 11 is 0. The van der Waals surface area contributed by atoms with E-state index in [2.05, 4.69) is 37.4 Å². The van der Waals surface area contributed by atoms with Crippen molar-refractivity contribution in [3.05, 3.63) is 64.7 Å². The van der Waals surface area contributed by atoms with Crippen LogP contribution in [-0.4, -0.2) is 12.0 Å².